The topological polar surface area (TPSA) is 84.1 Å². The Kier molecular flexibility index (Phi) is 5.15. The van der Waals surface area contributed by atoms with Crippen LogP contribution in [0.1, 0.15) is 46.5 Å². The summed E-state index contributed by atoms with van der Waals surface area (Å²) in [7, 11) is 0. The van der Waals surface area contributed by atoms with Crippen LogP contribution in [0.25, 0.3) is 10.2 Å². The maximum atomic E-state index is 12.2. The Morgan fingerprint density at radius 2 is 2.09 bits per heavy atom. The van der Waals surface area contributed by atoms with Crippen molar-refractivity contribution in [1.82, 2.24) is 15.3 Å². The number of hydrogen-bond acceptors (Lipinski definition) is 5. The van der Waals surface area contributed by atoms with Crippen molar-refractivity contribution in [1.29, 1.82) is 0 Å². The van der Waals surface area contributed by atoms with Crippen molar-refractivity contribution in [2.24, 2.45) is 5.92 Å². The summed E-state index contributed by atoms with van der Waals surface area (Å²) in [6, 6.07) is 1.35. The molecule has 8 heteroatoms. The van der Waals surface area contributed by atoms with E-state index in [0.29, 0.717) is 16.0 Å². The van der Waals surface area contributed by atoms with Gasteiger partial charge in [-0.2, -0.15) is 0 Å². The van der Waals surface area contributed by atoms with Gasteiger partial charge in [0.05, 0.1) is 15.3 Å². The fourth-order valence-corrected chi connectivity index (χ4v) is 3.48. The lowest BCUT2D eigenvalue weighted by atomic mass is 10.0. The van der Waals surface area contributed by atoms with Crippen LogP contribution in [0.2, 0.25) is 0 Å². The first-order chi connectivity index (χ1) is 10.6. The highest BCUT2D eigenvalue weighted by Crippen LogP contribution is 2.27. The van der Waals surface area contributed by atoms with Crippen LogP contribution in [-0.4, -0.2) is 21.7 Å². The SMILES string of the molecule is CC(C)[C@H](NC(=O)OC(C)(C)C)c1nc2cc(Br)sc2c(=O)[nH]1. The second kappa shape index (κ2) is 6.60. The molecule has 1 amide bonds. The molecule has 6 nitrogen and oxygen atoms in total. The van der Waals surface area contributed by atoms with E-state index in [4.69, 9.17) is 4.74 Å². The number of ether oxygens (including phenoxy) is 1. The van der Waals surface area contributed by atoms with Gasteiger partial charge in [-0.1, -0.05) is 13.8 Å². The van der Waals surface area contributed by atoms with Crippen LogP contribution in [0, 0.1) is 5.92 Å². The second-order valence-electron chi connectivity index (χ2n) is 6.58. The normalized spacial score (nSPS) is 13.3. The Morgan fingerprint density at radius 1 is 1.43 bits per heavy atom. The summed E-state index contributed by atoms with van der Waals surface area (Å²) in [5.41, 5.74) is -0.191. The van der Waals surface area contributed by atoms with Crippen LogP contribution >= 0.6 is 27.3 Å². The molecule has 0 bridgehead atoms. The number of thiophene rings is 1. The maximum Gasteiger partial charge on any atom is 0.408 e. The summed E-state index contributed by atoms with van der Waals surface area (Å²) in [4.78, 5) is 31.5. The number of nitrogens with one attached hydrogen (secondary N) is 2. The monoisotopic (exact) mass is 401 g/mol. The Labute approximate surface area is 146 Å². The molecule has 2 heterocycles. The molecule has 0 saturated carbocycles. The van der Waals surface area contributed by atoms with E-state index in [2.05, 4.69) is 31.2 Å². The van der Waals surface area contributed by atoms with Crippen molar-refractivity contribution >= 4 is 43.6 Å². The third-order valence-electron chi connectivity index (χ3n) is 3.00. The number of aromatic amines is 1. The average molecular weight is 402 g/mol. The molecule has 0 aromatic carbocycles. The van der Waals surface area contributed by atoms with Crippen LogP contribution < -0.4 is 10.9 Å². The fourth-order valence-electron chi connectivity index (χ4n) is 2.06. The first kappa shape index (κ1) is 17.9. The number of rotatable bonds is 3. The summed E-state index contributed by atoms with van der Waals surface area (Å²) in [5, 5.41) is 2.79. The molecule has 0 unspecified atom stereocenters. The molecule has 0 aliphatic heterocycles. The van der Waals surface area contributed by atoms with E-state index in [9.17, 15) is 9.59 Å². The Balaban J connectivity index is 2.34. The van der Waals surface area contributed by atoms with Gasteiger partial charge in [0.15, 0.2) is 0 Å². The van der Waals surface area contributed by atoms with Gasteiger partial charge in [0, 0.05) is 0 Å². The molecule has 0 saturated heterocycles. The smallest absolute Gasteiger partial charge is 0.408 e. The largest absolute Gasteiger partial charge is 0.444 e. The predicted molar refractivity (Wildman–Crippen MR) is 94.9 cm³/mol. The Morgan fingerprint density at radius 3 is 2.65 bits per heavy atom. The van der Waals surface area contributed by atoms with Gasteiger partial charge < -0.3 is 15.0 Å². The predicted octanol–water partition coefficient (Wildman–Crippen LogP) is 3.97. The molecule has 23 heavy (non-hydrogen) atoms. The van der Waals surface area contributed by atoms with Gasteiger partial charge in [-0.15, -0.1) is 11.3 Å². The zero-order chi connectivity index (χ0) is 17.4. The molecule has 0 radical (unpaired) electrons. The van der Waals surface area contributed by atoms with Crippen molar-refractivity contribution in [3.05, 3.63) is 26.0 Å². The number of aromatic nitrogens is 2. The number of fused-ring (bicyclic) bond motifs is 1. The standard InChI is InChI=1S/C15H20BrN3O3S/c1-7(2)10(18-14(21)22-15(3,4)5)12-17-8-6-9(16)23-11(8)13(20)19-12/h6-7,10H,1-5H3,(H,18,21)(H,17,19,20)/t10-/m0/s1. The molecule has 2 aromatic rings. The quantitative estimate of drug-likeness (QED) is 0.814. The zero-order valence-electron chi connectivity index (χ0n) is 13.7. The highest BCUT2D eigenvalue weighted by Gasteiger charge is 2.25. The molecule has 0 aliphatic carbocycles. The third kappa shape index (κ3) is 4.54. The number of carbonyl (C=O) groups excluding carboxylic acids is 1. The number of hydrogen-bond donors (Lipinski definition) is 2. The van der Waals surface area contributed by atoms with Gasteiger partial charge in [0.1, 0.15) is 16.1 Å². The van der Waals surface area contributed by atoms with Gasteiger partial charge in [0.2, 0.25) is 0 Å². The molecule has 126 valence electrons. The van der Waals surface area contributed by atoms with Gasteiger partial charge >= 0.3 is 6.09 Å². The van der Waals surface area contributed by atoms with E-state index in [1.807, 2.05) is 13.8 Å². The lowest BCUT2D eigenvalue weighted by Crippen LogP contribution is -2.38. The third-order valence-corrected chi connectivity index (χ3v) is 4.63. The van der Waals surface area contributed by atoms with E-state index < -0.39 is 17.7 Å². The Hall–Kier alpha value is -1.41. The van der Waals surface area contributed by atoms with Crippen molar-refractivity contribution in [3.63, 3.8) is 0 Å². The van der Waals surface area contributed by atoms with Gasteiger partial charge in [0.25, 0.3) is 5.56 Å². The average Bonchev–Trinajstić information content (AvgIpc) is 2.74. The van der Waals surface area contributed by atoms with E-state index in [-0.39, 0.29) is 11.5 Å². The molecule has 0 spiro atoms. The van der Waals surface area contributed by atoms with Crippen LogP contribution in [0.3, 0.4) is 0 Å². The number of alkyl carbamates (subject to hydrolysis) is 1. The fraction of sp³-hybridized carbons (Fsp3) is 0.533. The summed E-state index contributed by atoms with van der Waals surface area (Å²) in [6.45, 7) is 9.27. The number of halogens is 1. The van der Waals surface area contributed by atoms with Crippen molar-refractivity contribution in [2.45, 2.75) is 46.3 Å². The lowest BCUT2D eigenvalue weighted by Gasteiger charge is -2.25. The maximum absolute atomic E-state index is 12.2. The molecule has 2 aromatic heterocycles. The van der Waals surface area contributed by atoms with Crippen molar-refractivity contribution < 1.29 is 9.53 Å². The minimum Gasteiger partial charge on any atom is -0.444 e. The highest BCUT2D eigenvalue weighted by atomic mass is 79.9. The minimum atomic E-state index is -0.589. The summed E-state index contributed by atoms with van der Waals surface area (Å²) < 4.78 is 6.68. The van der Waals surface area contributed by atoms with E-state index in [0.717, 1.165) is 3.79 Å². The van der Waals surface area contributed by atoms with Crippen molar-refractivity contribution in [2.75, 3.05) is 0 Å². The molecular weight excluding hydrogens is 382 g/mol. The van der Waals surface area contributed by atoms with Gasteiger partial charge in [-0.3, -0.25) is 4.79 Å². The van der Waals surface area contributed by atoms with Gasteiger partial charge in [-0.25, -0.2) is 9.78 Å². The number of H-pyrrole nitrogens is 1. The minimum absolute atomic E-state index is 0.0326. The van der Waals surface area contributed by atoms with Crippen LogP contribution in [-0.2, 0) is 4.74 Å². The number of nitrogens with zero attached hydrogens (tertiary/aromatic N) is 1. The number of amides is 1. The molecule has 0 fully saturated rings. The van der Waals surface area contributed by atoms with Gasteiger partial charge in [-0.05, 0) is 48.7 Å². The van der Waals surface area contributed by atoms with Crippen molar-refractivity contribution in [3.8, 4) is 0 Å². The van der Waals surface area contributed by atoms with Crippen LogP contribution in [0.5, 0.6) is 0 Å². The molecular formula is C15H20BrN3O3S. The Bertz CT molecular complexity index is 776. The zero-order valence-corrected chi connectivity index (χ0v) is 16.1. The van der Waals surface area contributed by atoms with Crippen LogP contribution in [0.4, 0.5) is 4.79 Å². The summed E-state index contributed by atoms with van der Waals surface area (Å²) in [6.07, 6.45) is -0.537. The first-order valence-electron chi connectivity index (χ1n) is 7.25. The molecule has 2 rings (SSSR count). The van der Waals surface area contributed by atoms with E-state index >= 15 is 0 Å². The molecule has 1 atom stereocenters. The molecule has 0 aliphatic rings. The second-order valence-corrected chi connectivity index (χ2v) is 9.02. The lowest BCUT2D eigenvalue weighted by molar-refractivity contribution is 0.0486. The summed E-state index contributed by atoms with van der Waals surface area (Å²) in [5.74, 6) is 0.457. The number of carbonyl (C=O) groups is 1. The molecule has 2 N–H and O–H groups in total. The summed E-state index contributed by atoms with van der Waals surface area (Å²) >= 11 is 4.69. The first-order valence-corrected chi connectivity index (χ1v) is 8.86. The van der Waals surface area contributed by atoms with Crippen LogP contribution in [0.15, 0.2) is 14.6 Å². The highest BCUT2D eigenvalue weighted by molar-refractivity contribution is 9.11. The van der Waals surface area contributed by atoms with E-state index in [1.54, 1.807) is 26.8 Å². The van der Waals surface area contributed by atoms with E-state index in [1.165, 1.54) is 11.3 Å².